The highest BCUT2D eigenvalue weighted by Gasteiger charge is 2.19. The van der Waals surface area contributed by atoms with Crippen LogP contribution < -0.4 is 5.43 Å². The summed E-state index contributed by atoms with van der Waals surface area (Å²) in [6.07, 6.45) is 2.32. The van der Waals surface area contributed by atoms with Crippen molar-refractivity contribution in [2.75, 3.05) is 0 Å². The molecule has 0 bridgehead atoms. The van der Waals surface area contributed by atoms with E-state index in [-0.39, 0.29) is 34.0 Å². The molecule has 4 rings (SSSR count). The van der Waals surface area contributed by atoms with Crippen LogP contribution in [0.4, 0.5) is 0 Å². The van der Waals surface area contributed by atoms with Gasteiger partial charge in [0.25, 0.3) is 0 Å². The minimum atomic E-state index is -0.438. The average molecular weight is 418 g/mol. The van der Waals surface area contributed by atoms with Gasteiger partial charge in [-0.3, -0.25) is 4.79 Å². The molecule has 2 aromatic carbocycles. The number of benzene rings is 2. The molecule has 2 aromatic heterocycles. The van der Waals surface area contributed by atoms with Crippen LogP contribution in [-0.4, -0.2) is 15.3 Å². The van der Waals surface area contributed by atoms with Gasteiger partial charge in [-0.25, -0.2) is 0 Å². The van der Waals surface area contributed by atoms with Crippen LogP contribution in [-0.2, 0) is 6.42 Å². The molecule has 0 saturated carbocycles. The highest BCUT2D eigenvalue weighted by molar-refractivity contribution is 6.06. The second-order valence-electron chi connectivity index (χ2n) is 7.87. The second kappa shape index (κ2) is 7.40. The SMILES string of the molecule is C=C(C)c1cc2c(cc(O)c3c(=O)cc(-c4cc(O)c(O)c(CC=C(C)C)c4)oc32)o1. The molecule has 158 valence electrons. The van der Waals surface area contributed by atoms with Crippen LogP contribution in [0.2, 0.25) is 0 Å². The van der Waals surface area contributed by atoms with Crippen LogP contribution in [0.25, 0.3) is 38.8 Å². The molecule has 31 heavy (non-hydrogen) atoms. The zero-order chi connectivity index (χ0) is 22.4. The maximum absolute atomic E-state index is 12.8. The van der Waals surface area contributed by atoms with Gasteiger partial charge in [0.1, 0.15) is 28.2 Å². The topological polar surface area (TPSA) is 104 Å². The summed E-state index contributed by atoms with van der Waals surface area (Å²) in [6, 6.07) is 7.34. The monoisotopic (exact) mass is 418 g/mol. The van der Waals surface area contributed by atoms with E-state index in [4.69, 9.17) is 8.83 Å². The predicted molar refractivity (Wildman–Crippen MR) is 121 cm³/mol. The van der Waals surface area contributed by atoms with Crippen LogP contribution in [0.15, 0.2) is 62.2 Å². The van der Waals surface area contributed by atoms with Gasteiger partial charge < -0.3 is 24.2 Å². The van der Waals surface area contributed by atoms with E-state index in [1.165, 1.54) is 18.2 Å². The van der Waals surface area contributed by atoms with Crippen molar-refractivity contribution >= 4 is 27.5 Å². The van der Waals surface area contributed by atoms with E-state index in [1.54, 1.807) is 19.1 Å². The van der Waals surface area contributed by atoms with E-state index in [9.17, 15) is 20.1 Å². The van der Waals surface area contributed by atoms with Crippen LogP contribution in [0.3, 0.4) is 0 Å². The quantitative estimate of drug-likeness (QED) is 0.283. The molecule has 6 nitrogen and oxygen atoms in total. The van der Waals surface area contributed by atoms with E-state index in [2.05, 4.69) is 6.58 Å². The van der Waals surface area contributed by atoms with Crippen molar-refractivity contribution in [2.45, 2.75) is 27.2 Å². The van der Waals surface area contributed by atoms with Crippen molar-refractivity contribution in [1.29, 1.82) is 0 Å². The molecule has 2 heterocycles. The third kappa shape index (κ3) is 3.57. The number of furan rings is 1. The van der Waals surface area contributed by atoms with Gasteiger partial charge in [-0.1, -0.05) is 18.2 Å². The van der Waals surface area contributed by atoms with Crippen molar-refractivity contribution in [3.05, 3.63) is 70.1 Å². The van der Waals surface area contributed by atoms with E-state index in [0.717, 1.165) is 5.57 Å². The van der Waals surface area contributed by atoms with Crippen molar-refractivity contribution in [1.82, 2.24) is 0 Å². The summed E-state index contributed by atoms with van der Waals surface area (Å²) in [7, 11) is 0. The van der Waals surface area contributed by atoms with Gasteiger partial charge in [0.05, 0.1) is 5.39 Å². The van der Waals surface area contributed by atoms with Gasteiger partial charge in [0.2, 0.25) is 0 Å². The van der Waals surface area contributed by atoms with E-state index in [0.29, 0.717) is 39.9 Å². The maximum atomic E-state index is 12.8. The summed E-state index contributed by atoms with van der Waals surface area (Å²) in [5.41, 5.74) is 2.77. The third-order valence-corrected chi connectivity index (χ3v) is 5.08. The fourth-order valence-corrected chi connectivity index (χ4v) is 3.45. The van der Waals surface area contributed by atoms with Gasteiger partial charge >= 0.3 is 0 Å². The highest BCUT2D eigenvalue weighted by Crippen LogP contribution is 2.39. The molecule has 0 saturated heterocycles. The molecule has 0 fully saturated rings. The van der Waals surface area contributed by atoms with E-state index >= 15 is 0 Å². The summed E-state index contributed by atoms with van der Waals surface area (Å²) in [6.45, 7) is 9.52. The number of hydrogen-bond acceptors (Lipinski definition) is 6. The predicted octanol–water partition coefficient (Wildman–Crippen LogP) is 5.86. The Balaban J connectivity index is 1.99. The summed E-state index contributed by atoms with van der Waals surface area (Å²) in [5, 5.41) is 31.4. The number of phenols is 3. The molecular weight excluding hydrogens is 396 g/mol. The van der Waals surface area contributed by atoms with Crippen molar-refractivity contribution in [2.24, 2.45) is 0 Å². The lowest BCUT2D eigenvalue weighted by Crippen LogP contribution is -2.01. The average Bonchev–Trinajstić information content (AvgIpc) is 3.13. The second-order valence-corrected chi connectivity index (χ2v) is 7.87. The van der Waals surface area contributed by atoms with Gasteiger partial charge in [0, 0.05) is 23.3 Å². The third-order valence-electron chi connectivity index (χ3n) is 5.08. The van der Waals surface area contributed by atoms with Crippen molar-refractivity contribution in [3.63, 3.8) is 0 Å². The van der Waals surface area contributed by atoms with Crippen molar-refractivity contribution in [3.8, 4) is 28.6 Å². The molecule has 3 N–H and O–H groups in total. The standard InChI is InChI=1S/C25H22O6/c1-12(2)5-6-14-7-15(8-19(28)24(14)29)21-10-17(26)23-18(27)11-22-16(25(23)31-21)9-20(30-22)13(3)4/h5,7-11,27-29H,3,6H2,1-2,4H3. The van der Waals surface area contributed by atoms with Gasteiger partial charge in [-0.2, -0.15) is 0 Å². The van der Waals surface area contributed by atoms with Gasteiger partial charge in [-0.05, 0) is 51.0 Å². The first-order valence-corrected chi connectivity index (χ1v) is 9.73. The van der Waals surface area contributed by atoms with Crippen LogP contribution in [0.5, 0.6) is 17.2 Å². The molecule has 0 aliphatic heterocycles. The Morgan fingerprint density at radius 1 is 1.00 bits per heavy atom. The largest absolute Gasteiger partial charge is 0.507 e. The lowest BCUT2D eigenvalue weighted by molar-refractivity contribution is 0.400. The Morgan fingerprint density at radius 2 is 1.74 bits per heavy atom. The molecule has 0 unspecified atom stereocenters. The molecule has 4 aromatic rings. The van der Waals surface area contributed by atoms with Crippen LogP contribution >= 0.6 is 0 Å². The zero-order valence-electron chi connectivity index (χ0n) is 17.4. The van der Waals surface area contributed by atoms with Crippen LogP contribution in [0.1, 0.15) is 32.1 Å². The molecule has 0 atom stereocenters. The first-order chi connectivity index (χ1) is 14.7. The Kier molecular flexibility index (Phi) is 4.85. The Labute approximate surface area is 178 Å². The Bertz CT molecular complexity index is 1440. The fourth-order valence-electron chi connectivity index (χ4n) is 3.45. The number of rotatable bonds is 4. The minimum Gasteiger partial charge on any atom is -0.507 e. The van der Waals surface area contributed by atoms with E-state index < -0.39 is 5.43 Å². The van der Waals surface area contributed by atoms with Crippen LogP contribution in [0, 0.1) is 0 Å². The zero-order valence-corrected chi connectivity index (χ0v) is 17.4. The molecular formula is C25H22O6. The van der Waals surface area contributed by atoms with Gasteiger partial charge in [0.15, 0.2) is 22.5 Å². The first kappa shape index (κ1) is 20.3. The lowest BCUT2D eigenvalue weighted by atomic mass is 10.0. The molecule has 0 aliphatic rings. The number of phenolic OH excluding ortho intramolecular Hbond substituents is 3. The Hall–Kier alpha value is -3.93. The minimum absolute atomic E-state index is 0.0399. The molecule has 0 radical (unpaired) electrons. The number of allylic oxidation sites excluding steroid dienone is 3. The number of aromatic hydroxyl groups is 3. The number of hydrogen-bond donors (Lipinski definition) is 3. The maximum Gasteiger partial charge on any atom is 0.197 e. The summed E-state index contributed by atoms with van der Waals surface area (Å²) in [5.74, 6) is -0.0719. The molecule has 0 amide bonds. The normalized spacial score (nSPS) is 11.2. The van der Waals surface area contributed by atoms with E-state index in [1.807, 2.05) is 19.9 Å². The Morgan fingerprint density at radius 3 is 2.42 bits per heavy atom. The highest BCUT2D eigenvalue weighted by atomic mass is 16.4. The summed E-state index contributed by atoms with van der Waals surface area (Å²) < 4.78 is 11.7. The first-order valence-electron chi connectivity index (χ1n) is 9.73. The smallest absolute Gasteiger partial charge is 0.197 e. The fraction of sp³-hybridized carbons (Fsp3) is 0.160. The van der Waals surface area contributed by atoms with Gasteiger partial charge in [-0.15, -0.1) is 0 Å². The number of fused-ring (bicyclic) bond motifs is 3. The molecule has 0 aliphatic carbocycles. The molecule has 0 spiro atoms. The summed E-state index contributed by atoms with van der Waals surface area (Å²) >= 11 is 0. The van der Waals surface area contributed by atoms with Crippen molar-refractivity contribution < 1.29 is 24.2 Å². The summed E-state index contributed by atoms with van der Waals surface area (Å²) in [4.78, 5) is 12.8. The lowest BCUT2D eigenvalue weighted by Gasteiger charge is -2.10. The molecule has 6 heteroatoms.